The van der Waals surface area contributed by atoms with Crippen molar-refractivity contribution in [3.8, 4) is 0 Å². The maximum absolute atomic E-state index is 12.9. The van der Waals surface area contributed by atoms with Crippen LogP contribution in [0.2, 0.25) is 0 Å². The highest BCUT2D eigenvalue weighted by atomic mass is 19.2. The molecule has 18 heavy (non-hydrogen) atoms. The second-order valence-corrected chi connectivity index (χ2v) is 4.30. The standard InChI is InChI=1S/C13H18F2N2O/c1-9(3-2-6-16)13(18)17-8-10-4-5-11(14)12(15)7-10/h4-5,7,9H,2-3,6,8,16H2,1H3,(H,17,18). The van der Waals surface area contributed by atoms with Gasteiger partial charge >= 0.3 is 0 Å². The van der Waals surface area contributed by atoms with E-state index in [2.05, 4.69) is 5.32 Å². The van der Waals surface area contributed by atoms with Crippen LogP contribution in [0.4, 0.5) is 8.78 Å². The highest BCUT2D eigenvalue weighted by Crippen LogP contribution is 2.09. The third-order valence-electron chi connectivity index (χ3n) is 2.74. The minimum atomic E-state index is -0.905. The SMILES string of the molecule is CC(CCCN)C(=O)NCc1ccc(F)c(F)c1. The number of nitrogens with one attached hydrogen (secondary N) is 1. The summed E-state index contributed by atoms with van der Waals surface area (Å²) < 4.78 is 25.6. The smallest absolute Gasteiger partial charge is 0.223 e. The van der Waals surface area contributed by atoms with Gasteiger partial charge in [0.2, 0.25) is 5.91 Å². The first-order valence-electron chi connectivity index (χ1n) is 5.96. The maximum Gasteiger partial charge on any atom is 0.223 e. The molecule has 0 aliphatic rings. The van der Waals surface area contributed by atoms with Crippen molar-refractivity contribution < 1.29 is 13.6 Å². The lowest BCUT2D eigenvalue weighted by Crippen LogP contribution is -2.29. The van der Waals surface area contributed by atoms with Crippen molar-refractivity contribution in [1.29, 1.82) is 0 Å². The van der Waals surface area contributed by atoms with Crippen LogP contribution in [0, 0.1) is 17.6 Å². The Hall–Kier alpha value is -1.49. The largest absolute Gasteiger partial charge is 0.352 e. The fraction of sp³-hybridized carbons (Fsp3) is 0.462. The lowest BCUT2D eigenvalue weighted by molar-refractivity contribution is -0.124. The van der Waals surface area contributed by atoms with Gasteiger partial charge in [0.1, 0.15) is 0 Å². The number of carbonyl (C=O) groups excluding carboxylic acids is 1. The van der Waals surface area contributed by atoms with Gasteiger partial charge in [-0.15, -0.1) is 0 Å². The Labute approximate surface area is 105 Å². The molecule has 0 heterocycles. The third-order valence-corrected chi connectivity index (χ3v) is 2.74. The predicted octanol–water partition coefficient (Wildman–Crippen LogP) is 1.96. The van der Waals surface area contributed by atoms with Crippen LogP contribution in [0.5, 0.6) is 0 Å². The van der Waals surface area contributed by atoms with Crippen LogP contribution >= 0.6 is 0 Å². The molecule has 3 N–H and O–H groups in total. The van der Waals surface area contributed by atoms with E-state index < -0.39 is 11.6 Å². The Morgan fingerprint density at radius 2 is 2.11 bits per heavy atom. The molecule has 1 unspecified atom stereocenters. The molecule has 1 aromatic carbocycles. The summed E-state index contributed by atoms with van der Waals surface area (Å²) >= 11 is 0. The monoisotopic (exact) mass is 256 g/mol. The summed E-state index contributed by atoms with van der Waals surface area (Å²) in [7, 11) is 0. The Balaban J connectivity index is 2.44. The average Bonchev–Trinajstić information content (AvgIpc) is 2.36. The van der Waals surface area contributed by atoms with Crippen molar-refractivity contribution in [3.63, 3.8) is 0 Å². The topological polar surface area (TPSA) is 55.1 Å². The predicted molar refractivity (Wildman–Crippen MR) is 65.7 cm³/mol. The fourth-order valence-electron chi connectivity index (χ4n) is 1.57. The van der Waals surface area contributed by atoms with Gasteiger partial charge in [-0.3, -0.25) is 4.79 Å². The summed E-state index contributed by atoms with van der Waals surface area (Å²) in [6.07, 6.45) is 1.51. The molecule has 1 aromatic rings. The lowest BCUT2D eigenvalue weighted by Gasteiger charge is -2.11. The normalized spacial score (nSPS) is 12.2. The van der Waals surface area contributed by atoms with Crippen LogP contribution in [0.3, 0.4) is 0 Å². The van der Waals surface area contributed by atoms with Crippen molar-refractivity contribution in [1.82, 2.24) is 5.32 Å². The quantitative estimate of drug-likeness (QED) is 0.817. The van der Waals surface area contributed by atoms with E-state index in [0.29, 0.717) is 12.1 Å². The number of hydrogen-bond acceptors (Lipinski definition) is 2. The van der Waals surface area contributed by atoms with E-state index in [1.165, 1.54) is 6.07 Å². The molecule has 1 atom stereocenters. The van der Waals surface area contributed by atoms with Crippen LogP contribution in [0.15, 0.2) is 18.2 Å². The van der Waals surface area contributed by atoms with Crippen LogP contribution in [-0.2, 0) is 11.3 Å². The Bertz CT molecular complexity index is 410. The van der Waals surface area contributed by atoms with Crippen LogP contribution in [0.25, 0.3) is 0 Å². The molecule has 0 aliphatic heterocycles. The molecular weight excluding hydrogens is 238 g/mol. The molecule has 0 spiro atoms. The van der Waals surface area contributed by atoms with Gasteiger partial charge in [-0.2, -0.15) is 0 Å². The van der Waals surface area contributed by atoms with E-state index >= 15 is 0 Å². The second-order valence-electron chi connectivity index (χ2n) is 4.30. The fourth-order valence-corrected chi connectivity index (χ4v) is 1.57. The first-order chi connectivity index (χ1) is 8.54. The van der Waals surface area contributed by atoms with E-state index in [0.717, 1.165) is 25.0 Å². The Kier molecular flexibility index (Phi) is 5.71. The van der Waals surface area contributed by atoms with E-state index in [9.17, 15) is 13.6 Å². The Morgan fingerprint density at radius 3 is 2.72 bits per heavy atom. The first-order valence-corrected chi connectivity index (χ1v) is 5.96. The van der Waals surface area contributed by atoms with Crippen molar-refractivity contribution in [2.75, 3.05) is 6.54 Å². The molecule has 0 radical (unpaired) electrons. The van der Waals surface area contributed by atoms with Gasteiger partial charge in [0, 0.05) is 12.5 Å². The molecule has 0 aromatic heterocycles. The van der Waals surface area contributed by atoms with E-state index in [1.54, 1.807) is 0 Å². The molecule has 0 fully saturated rings. The zero-order valence-corrected chi connectivity index (χ0v) is 10.4. The summed E-state index contributed by atoms with van der Waals surface area (Å²) in [5.41, 5.74) is 5.90. The van der Waals surface area contributed by atoms with E-state index in [-0.39, 0.29) is 18.4 Å². The summed E-state index contributed by atoms with van der Waals surface area (Å²) in [4.78, 5) is 11.7. The summed E-state index contributed by atoms with van der Waals surface area (Å²) in [6.45, 7) is 2.57. The third kappa shape index (κ3) is 4.41. The van der Waals surface area contributed by atoms with Crippen molar-refractivity contribution in [2.24, 2.45) is 11.7 Å². The molecule has 0 saturated carbocycles. The molecule has 100 valence electrons. The average molecular weight is 256 g/mol. The van der Waals surface area contributed by atoms with E-state index in [1.807, 2.05) is 6.92 Å². The van der Waals surface area contributed by atoms with Crippen molar-refractivity contribution in [3.05, 3.63) is 35.4 Å². The molecule has 5 heteroatoms. The first kappa shape index (κ1) is 14.6. The van der Waals surface area contributed by atoms with E-state index in [4.69, 9.17) is 5.73 Å². The molecule has 1 rings (SSSR count). The molecular formula is C13H18F2N2O. The van der Waals surface area contributed by atoms with Crippen molar-refractivity contribution in [2.45, 2.75) is 26.3 Å². The highest BCUT2D eigenvalue weighted by Gasteiger charge is 2.12. The molecule has 0 bridgehead atoms. The van der Waals surface area contributed by atoms with Crippen LogP contribution in [-0.4, -0.2) is 12.5 Å². The lowest BCUT2D eigenvalue weighted by atomic mass is 10.0. The van der Waals surface area contributed by atoms with Gasteiger partial charge in [0.25, 0.3) is 0 Å². The minimum absolute atomic E-state index is 0.104. The number of rotatable bonds is 6. The van der Waals surface area contributed by atoms with Crippen LogP contribution < -0.4 is 11.1 Å². The number of amides is 1. The molecule has 0 aliphatic carbocycles. The second kappa shape index (κ2) is 7.06. The van der Waals surface area contributed by atoms with Crippen molar-refractivity contribution >= 4 is 5.91 Å². The van der Waals surface area contributed by atoms with Gasteiger partial charge in [-0.05, 0) is 37.1 Å². The summed E-state index contributed by atoms with van der Waals surface area (Å²) in [6, 6.07) is 3.58. The number of nitrogens with two attached hydrogens (primary N) is 1. The van der Waals surface area contributed by atoms with Crippen LogP contribution in [0.1, 0.15) is 25.3 Å². The van der Waals surface area contributed by atoms with Gasteiger partial charge in [0.05, 0.1) is 0 Å². The number of benzene rings is 1. The number of carbonyl (C=O) groups is 1. The zero-order valence-electron chi connectivity index (χ0n) is 10.4. The zero-order chi connectivity index (χ0) is 13.5. The van der Waals surface area contributed by atoms with Gasteiger partial charge in [-0.25, -0.2) is 8.78 Å². The Morgan fingerprint density at radius 1 is 1.39 bits per heavy atom. The molecule has 3 nitrogen and oxygen atoms in total. The van der Waals surface area contributed by atoms with Gasteiger partial charge in [0.15, 0.2) is 11.6 Å². The van der Waals surface area contributed by atoms with Gasteiger partial charge in [-0.1, -0.05) is 13.0 Å². The molecule has 1 amide bonds. The summed E-state index contributed by atoms with van der Waals surface area (Å²) in [5, 5.41) is 2.69. The minimum Gasteiger partial charge on any atom is -0.352 e. The number of halogens is 2. The van der Waals surface area contributed by atoms with Gasteiger partial charge < -0.3 is 11.1 Å². The molecule has 0 saturated heterocycles. The maximum atomic E-state index is 12.9. The summed E-state index contributed by atoms with van der Waals surface area (Å²) in [5.74, 6) is -2.02. The number of hydrogen-bond donors (Lipinski definition) is 2. The highest BCUT2D eigenvalue weighted by molar-refractivity contribution is 5.78.